The third-order valence-corrected chi connectivity index (χ3v) is 8.32. The number of carbonyl (C=O) groups is 2. The molecule has 0 aliphatic carbocycles. The Labute approximate surface area is 259 Å². The van der Waals surface area contributed by atoms with E-state index < -0.39 is 6.10 Å². The summed E-state index contributed by atoms with van der Waals surface area (Å²) in [4.78, 5) is 59.8. The van der Waals surface area contributed by atoms with Gasteiger partial charge in [-0.05, 0) is 68.1 Å². The summed E-state index contributed by atoms with van der Waals surface area (Å²) in [6, 6.07) is 7.46. The van der Waals surface area contributed by atoms with E-state index in [1.165, 1.54) is 23.5 Å². The van der Waals surface area contributed by atoms with Crippen molar-refractivity contribution in [2.45, 2.75) is 53.4 Å². The lowest BCUT2D eigenvalue weighted by atomic mass is 10.1. The van der Waals surface area contributed by atoms with Gasteiger partial charge in [0.15, 0.2) is 22.9 Å². The number of fused-ring (bicyclic) bond motifs is 2. The van der Waals surface area contributed by atoms with Gasteiger partial charge in [0.25, 0.3) is 0 Å². The first kappa shape index (κ1) is 29.3. The molecule has 1 unspecified atom stereocenters. The zero-order valence-electron chi connectivity index (χ0n) is 23.9. The van der Waals surface area contributed by atoms with Crippen LogP contribution in [0.25, 0.3) is 22.1 Å². The van der Waals surface area contributed by atoms with Crippen molar-refractivity contribution in [2.75, 3.05) is 6.61 Å². The van der Waals surface area contributed by atoms with Gasteiger partial charge in [0.05, 0.1) is 34.2 Å². The highest BCUT2D eigenvalue weighted by molar-refractivity contribution is 7.99. The number of aldehydes is 2. The maximum Gasteiger partial charge on any atom is 0.228 e. The third kappa shape index (κ3) is 5.73. The monoisotopic (exact) mass is 626 g/mol. The third-order valence-electron chi connectivity index (χ3n) is 6.64. The predicted molar refractivity (Wildman–Crippen MR) is 165 cm³/mol. The molecule has 0 spiro atoms. The largest absolute Gasteiger partial charge is 0.477 e. The highest BCUT2D eigenvalue weighted by atomic mass is 32.2. The lowest BCUT2D eigenvalue weighted by Gasteiger charge is -2.15. The summed E-state index contributed by atoms with van der Waals surface area (Å²) in [5.74, 6) is 0.480. The molecule has 0 saturated heterocycles. The van der Waals surface area contributed by atoms with Crippen LogP contribution >= 0.6 is 23.5 Å². The molecule has 222 valence electrons. The van der Waals surface area contributed by atoms with E-state index in [4.69, 9.17) is 14.5 Å². The van der Waals surface area contributed by atoms with Crippen LogP contribution in [-0.2, 0) is 6.42 Å². The molecular formula is C30H26N8O4S2. The highest BCUT2D eigenvalue weighted by Crippen LogP contribution is 2.38. The van der Waals surface area contributed by atoms with Crippen molar-refractivity contribution in [3.8, 4) is 11.8 Å². The fraction of sp³-hybridized carbons (Fsp3) is 0.200. The predicted octanol–water partition coefficient (Wildman–Crippen LogP) is 6.05. The van der Waals surface area contributed by atoms with Crippen LogP contribution in [0.4, 0.5) is 0 Å². The zero-order chi connectivity index (χ0) is 30.6. The smallest absolute Gasteiger partial charge is 0.228 e. The molecule has 2 N–H and O–H groups in total. The number of hydrogen-bond acceptors (Lipinski definition) is 12. The molecule has 6 aromatic rings. The number of hydrogen-bond donors (Lipinski definition) is 2. The van der Waals surface area contributed by atoms with Crippen LogP contribution in [0.3, 0.4) is 0 Å². The van der Waals surface area contributed by atoms with Gasteiger partial charge in [-0.15, -0.1) is 0 Å². The summed E-state index contributed by atoms with van der Waals surface area (Å²) in [6.07, 6.45) is 8.17. The average molecular weight is 627 g/mol. The Hall–Kier alpha value is -4.82. The van der Waals surface area contributed by atoms with Gasteiger partial charge < -0.3 is 19.4 Å². The fourth-order valence-corrected chi connectivity index (χ4v) is 6.19. The minimum Gasteiger partial charge on any atom is -0.477 e. The van der Waals surface area contributed by atoms with Crippen LogP contribution in [0.5, 0.6) is 11.8 Å². The lowest BCUT2D eigenvalue weighted by Crippen LogP contribution is -2.08. The zero-order valence-corrected chi connectivity index (χ0v) is 25.5. The number of aryl methyl sites for hydroxylation is 1. The minimum absolute atomic E-state index is 0.200. The summed E-state index contributed by atoms with van der Waals surface area (Å²) in [6.45, 7) is 5.91. The van der Waals surface area contributed by atoms with Gasteiger partial charge in [0.1, 0.15) is 17.4 Å². The molecule has 0 saturated carbocycles. The first-order valence-corrected chi connectivity index (χ1v) is 15.4. The van der Waals surface area contributed by atoms with Crippen LogP contribution in [0.2, 0.25) is 0 Å². The molecule has 0 aromatic carbocycles. The second-order valence-electron chi connectivity index (χ2n) is 9.40. The molecule has 0 aliphatic heterocycles. The van der Waals surface area contributed by atoms with E-state index in [0.29, 0.717) is 62.2 Å². The van der Waals surface area contributed by atoms with Crippen molar-refractivity contribution in [1.29, 1.82) is 0 Å². The molecule has 0 radical (unpaired) electrons. The van der Waals surface area contributed by atoms with Crippen molar-refractivity contribution in [2.24, 2.45) is 0 Å². The van der Waals surface area contributed by atoms with E-state index >= 15 is 0 Å². The van der Waals surface area contributed by atoms with Gasteiger partial charge in [-0.25, -0.2) is 9.97 Å². The molecule has 6 rings (SSSR count). The first-order valence-electron chi connectivity index (χ1n) is 13.7. The van der Waals surface area contributed by atoms with Crippen molar-refractivity contribution < 1.29 is 19.1 Å². The van der Waals surface area contributed by atoms with E-state index in [0.717, 1.165) is 28.1 Å². The second-order valence-corrected chi connectivity index (χ2v) is 11.5. The Balaban J connectivity index is 1.43. The molecular weight excluding hydrogens is 601 g/mol. The minimum atomic E-state index is -0.720. The maximum atomic E-state index is 12.5. The maximum absolute atomic E-state index is 12.5. The Morgan fingerprint density at radius 3 is 1.95 bits per heavy atom. The van der Waals surface area contributed by atoms with Crippen molar-refractivity contribution in [3.63, 3.8) is 0 Å². The quantitative estimate of drug-likeness (QED) is 0.120. The van der Waals surface area contributed by atoms with Crippen LogP contribution < -0.4 is 9.47 Å². The summed E-state index contributed by atoms with van der Waals surface area (Å²) in [5, 5.41) is 1.75. The van der Waals surface area contributed by atoms with Crippen molar-refractivity contribution in [3.05, 3.63) is 71.6 Å². The number of H-pyrrole nitrogens is 2. The molecule has 44 heavy (non-hydrogen) atoms. The van der Waals surface area contributed by atoms with Gasteiger partial charge in [0.2, 0.25) is 11.8 Å². The topological polar surface area (TPSA) is 162 Å². The molecule has 0 fully saturated rings. The number of aromatic nitrogens is 8. The molecule has 0 bridgehead atoms. The summed E-state index contributed by atoms with van der Waals surface area (Å²) in [7, 11) is 0. The Kier molecular flexibility index (Phi) is 8.52. The number of nitrogens with zero attached hydrogens (tertiary/aromatic N) is 6. The number of ether oxygens (including phenoxy) is 2. The van der Waals surface area contributed by atoms with Gasteiger partial charge in [0, 0.05) is 40.3 Å². The van der Waals surface area contributed by atoms with Gasteiger partial charge in [-0.1, -0.05) is 6.92 Å². The molecule has 1 atom stereocenters. The van der Waals surface area contributed by atoms with Crippen LogP contribution in [0, 0.1) is 0 Å². The molecule has 0 aliphatic rings. The first-order chi connectivity index (χ1) is 21.5. The summed E-state index contributed by atoms with van der Waals surface area (Å²) < 4.78 is 12.3. The Morgan fingerprint density at radius 1 is 0.818 bits per heavy atom. The van der Waals surface area contributed by atoms with E-state index in [-0.39, 0.29) is 11.8 Å². The van der Waals surface area contributed by atoms with Crippen LogP contribution in [-0.4, -0.2) is 59.1 Å². The highest BCUT2D eigenvalue weighted by Gasteiger charge is 2.26. The van der Waals surface area contributed by atoms with Gasteiger partial charge in [-0.3, -0.25) is 19.6 Å². The van der Waals surface area contributed by atoms with Crippen molar-refractivity contribution in [1.82, 2.24) is 39.9 Å². The standard InChI is InChI=1S/C30H26N8O4S2/c1-4-21-19(14-39)22-25(33-21)35-30(44-18-9-7-11-32-13-18)38-28(22)42-16(3)24-20(15-40)23-26(34-24)36-29(37-27(23)41-5-2)43-17-8-6-10-31-12-17/h6-16H,4-5H2,1-3H3,(H,33,35,38)(H,34,36,37). The number of carbonyl (C=O) groups excluding carboxylic acids is 2. The van der Waals surface area contributed by atoms with E-state index in [1.807, 2.05) is 38.1 Å². The average Bonchev–Trinajstić information content (AvgIpc) is 3.60. The van der Waals surface area contributed by atoms with Crippen LogP contribution in [0.15, 0.2) is 69.2 Å². The number of rotatable bonds is 12. The number of nitrogens with one attached hydrogen (secondary N) is 2. The molecule has 6 aromatic heterocycles. The fourth-order valence-electron chi connectivity index (χ4n) is 4.72. The van der Waals surface area contributed by atoms with Gasteiger partial charge in [-0.2, -0.15) is 9.97 Å². The molecule has 12 nitrogen and oxygen atoms in total. The molecule has 6 heterocycles. The van der Waals surface area contributed by atoms with Crippen molar-refractivity contribution >= 4 is 58.2 Å². The van der Waals surface area contributed by atoms with Gasteiger partial charge >= 0.3 is 0 Å². The normalized spacial score (nSPS) is 12.0. The molecule has 14 heteroatoms. The Bertz CT molecular complexity index is 1970. The van der Waals surface area contributed by atoms with E-state index in [9.17, 15) is 9.59 Å². The Morgan fingerprint density at radius 2 is 1.41 bits per heavy atom. The summed E-state index contributed by atoms with van der Waals surface area (Å²) >= 11 is 2.64. The second kappa shape index (κ2) is 12.8. The van der Waals surface area contributed by atoms with E-state index in [2.05, 4.69) is 34.9 Å². The molecule has 0 amide bonds. The summed E-state index contributed by atoms with van der Waals surface area (Å²) in [5.41, 5.74) is 2.81. The van der Waals surface area contributed by atoms with Crippen LogP contribution in [0.1, 0.15) is 59.0 Å². The SMILES string of the molecule is CCOc1nc(Sc2cccnc2)nc2[nH]c(C(C)Oc3nc(Sc4cccnc4)nc4[nH]c(CC)c(C=O)c34)c(C=O)c12. The number of aromatic amines is 2. The van der Waals surface area contributed by atoms with E-state index in [1.54, 1.807) is 31.7 Å². The lowest BCUT2D eigenvalue weighted by molar-refractivity contribution is 0.111. The number of pyridine rings is 2.